The van der Waals surface area contributed by atoms with E-state index in [0.29, 0.717) is 0 Å². The predicted molar refractivity (Wildman–Crippen MR) is 58.5 cm³/mol. The van der Waals surface area contributed by atoms with E-state index in [9.17, 15) is 4.79 Å². The summed E-state index contributed by atoms with van der Waals surface area (Å²) < 4.78 is 1.94. The van der Waals surface area contributed by atoms with Gasteiger partial charge >= 0.3 is 5.97 Å². The van der Waals surface area contributed by atoms with E-state index in [1.807, 2.05) is 16.7 Å². The summed E-state index contributed by atoms with van der Waals surface area (Å²) in [6.45, 7) is 4.03. The van der Waals surface area contributed by atoms with Crippen molar-refractivity contribution in [3.05, 3.63) is 22.5 Å². The number of rotatable bonds is 3. The molecule has 0 unspecified atom stereocenters. The van der Waals surface area contributed by atoms with Crippen molar-refractivity contribution < 1.29 is 9.90 Å². The number of carboxylic acids is 1. The van der Waals surface area contributed by atoms with Gasteiger partial charge in [0.2, 0.25) is 0 Å². The van der Waals surface area contributed by atoms with Crippen molar-refractivity contribution in [1.82, 2.24) is 9.38 Å². The number of carboxylic acid groups (broad SMARTS) is 1. The molecule has 0 amide bonds. The van der Waals surface area contributed by atoms with Gasteiger partial charge in [-0.1, -0.05) is 6.92 Å². The van der Waals surface area contributed by atoms with Crippen molar-refractivity contribution in [2.45, 2.75) is 26.7 Å². The number of hydrogen-bond acceptors (Lipinski definition) is 3. The van der Waals surface area contributed by atoms with Crippen molar-refractivity contribution in [2.24, 2.45) is 0 Å². The molecule has 0 fully saturated rings. The van der Waals surface area contributed by atoms with Crippen LogP contribution in [0, 0.1) is 6.92 Å². The summed E-state index contributed by atoms with van der Waals surface area (Å²) >= 11 is 1.49. The van der Waals surface area contributed by atoms with Crippen LogP contribution in [0.15, 0.2) is 5.38 Å². The minimum atomic E-state index is -0.805. The Hall–Kier alpha value is -1.36. The van der Waals surface area contributed by atoms with E-state index in [1.165, 1.54) is 11.3 Å². The fourth-order valence-electron chi connectivity index (χ4n) is 1.72. The zero-order valence-corrected chi connectivity index (χ0v) is 9.47. The molecule has 5 heteroatoms. The predicted octanol–water partition coefficient (Wildman–Crippen LogP) is 1.89. The molecule has 0 aliphatic heterocycles. The van der Waals surface area contributed by atoms with Gasteiger partial charge in [0.1, 0.15) is 0 Å². The average molecular weight is 224 g/mol. The molecule has 1 N–H and O–H groups in total. The van der Waals surface area contributed by atoms with Gasteiger partial charge in [-0.05, 0) is 13.3 Å². The summed E-state index contributed by atoms with van der Waals surface area (Å²) in [4.78, 5) is 16.0. The molecule has 0 spiro atoms. The lowest BCUT2D eigenvalue weighted by molar-refractivity contribution is -0.136. The van der Waals surface area contributed by atoms with Gasteiger partial charge in [-0.2, -0.15) is 0 Å². The summed E-state index contributed by atoms with van der Waals surface area (Å²) in [6.07, 6.45) is 0.938. The van der Waals surface area contributed by atoms with Gasteiger partial charge in [0.15, 0.2) is 4.96 Å². The second-order valence-corrected chi connectivity index (χ2v) is 4.25. The number of aromatic nitrogens is 2. The van der Waals surface area contributed by atoms with Crippen LogP contribution < -0.4 is 0 Å². The Morgan fingerprint density at radius 3 is 3.00 bits per heavy atom. The van der Waals surface area contributed by atoms with Crippen LogP contribution in [-0.4, -0.2) is 20.5 Å². The Morgan fingerprint density at radius 2 is 2.40 bits per heavy atom. The fourth-order valence-corrected chi connectivity index (χ4v) is 2.67. The van der Waals surface area contributed by atoms with Crippen LogP contribution in [0.2, 0.25) is 0 Å². The first-order chi connectivity index (χ1) is 7.13. The number of aliphatic carboxylic acids is 1. The molecule has 4 nitrogen and oxygen atoms in total. The molecule has 15 heavy (non-hydrogen) atoms. The molecule has 2 rings (SSSR count). The van der Waals surface area contributed by atoms with Crippen LogP contribution in [0.3, 0.4) is 0 Å². The first-order valence-electron chi connectivity index (χ1n) is 4.79. The summed E-state index contributed by atoms with van der Waals surface area (Å²) in [5, 5.41) is 10.6. The topological polar surface area (TPSA) is 54.6 Å². The van der Waals surface area contributed by atoms with Crippen LogP contribution in [0.4, 0.5) is 0 Å². The maximum atomic E-state index is 10.7. The molecule has 0 atom stereocenters. The van der Waals surface area contributed by atoms with Gasteiger partial charge in [0.05, 0.1) is 12.1 Å². The zero-order chi connectivity index (χ0) is 11.0. The summed E-state index contributed by atoms with van der Waals surface area (Å²) in [6, 6.07) is 0. The van der Waals surface area contributed by atoms with Gasteiger partial charge < -0.3 is 5.11 Å². The Kier molecular flexibility index (Phi) is 2.48. The minimum Gasteiger partial charge on any atom is -0.481 e. The number of hydrogen-bond donors (Lipinski definition) is 1. The molecule has 0 saturated carbocycles. The first-order valence-corrected chi connectivity index (χ1v) is 5.67. The highest BCUT2D eigenvalue weighted by Gasteiger charge is 2.13. The lowest BCUT2D eigenvalue weighted by Gasteiger charge is -1.98. The largest absolute Gasteiger partial charge is 0.481 e. The molecule has 0 aliphatic carbocycles. The van der Waals surface area contributed by atoms with E-state index < -0.39 is 5.97 Å². The molecular weight excluding hydrogens is 212 g/mol. The van der Waals surface area contributed by atoms with Crippen molar-refractivity contribution in [3.63, 3.8) is 0 Å². The average Bonchev–Trinajstić information content (AvgIpc) is 2.68. The monoisotopic (exact) mass is 224 g/mol. The third-order valence-corrected chi connectivity index (χ3v) is 3.30. The third kappa shape index (κ3) is 1.63. The van der Waals surface area contributed by atoms with Crippen LogP contribution in [0.5, 0.6) is 0 Å². The van der Waals surface area contributed by atoms with Gasteiger partial charge in [-0.15, -0.1) is 11.3 Å². The summed E-state index contributed by atoms with van der Waals surface area (Å²) in [5.41, 5.74) is 2.92. The van der Waals surface area contributed by atoms with E-state index in [-0.39, 0.29) is 6.42 Å². The molecule has 0 saturated heterocycles. The molecule has 2 aromatic heterocycles. The van der Waals surface area contributed by atoms with Crippen molar-refractivity contribution >= 4 is 22.3 Å². The highest BCUT2D eigenvalue weighted by Crippen LogP contribution is 2.21. The van der Waals surface area contributed by atoms with E-state index in [4.69, 9.17) is 5.11 Å². The zero-order valence-electron chi connectivity index (χ0n) is 8.65. The molecule has 2 aromatic rings. The van der Waals surface area contributed by atoms with E-state index in [2.05, 4.69) is 11.9 Å². The fraction of sp³-hybridized carbons (Fsp3) is 0.400. The number of nitrogens with zero attached hydrogens (tertiary/aromatic N) is 2. The van der Waals surface area contributed by atoms with Crippen molar-refractivity contribution in [2.75, 3.05) is 0 Å². The van der Waals surface area contributed by atoms with E-state index in [0.717, 1.165) is 28.5 Å². The van der Waals surface area contributed by atoms with E-state index >= 15 is 0 Å². The maximum absolute atomic E-state index is 10.7. The molecule has 0 radical (unpaired) electrons. The highest BCUT2D eigenvalue weighted by molar-refractivity contribution is 7.15. The highest BCUT2D eigenvalue weighted by atomic mass is 32.1. The van der Waals surface area contributed by atoms with E-state index in [1.54, 1.807) is 0 Å². The van der Waals surface area contributed by atoms with Crippen LogP contribution in [0.25, 0.3) is 4.96 Å². The standard InChI is InChI=1S/C10H12N2O2S/c1-3-8-6(2)12-7(4-9(13)14)5-15-10(12)11-8/h5H,3-4H2,1-2H3,(H,13,14). The second kappa shape index (κ2) is 3.66. The van der Waals surface area contributed by atoms with Crippen LogP contribution >= 0.6 is 11.3 Å². The van der Waals surface area contributed by atoms with Crippen molar-refractivity contribution in [3.8, 4) is 0 Å². The smallest absolute Gasteiger partial charge is 0.309 e. The Balaban J connectivity index is 2.56. The third-order valence-electron chi connectivity index (χ3n) is 2.43. The number of fused-ring (bicyclic) bond motifs is 1. The summed E-state index contributed by atoms with van der Waals surface area (Å²) in [7, 11) is 0. The number of aryl methyl sites for hydroxylation is 2. The molecule has 0 bridgehead atoms. The number of thiazole rings is 1. The molecule has 2 heterocycles. The SMILES string of the molecule is CCc1nc2scc(CC(=O)O)n2c1C. The Bertz CT molecular complexity index is 513. The lowest BCUT2D eigenvalue weighted by atomic mass is 10.3. The van der Waals surface area contributed by atoms with Crippen LogP contribution in [0.1, 0.15) is 24.0 Å². The van der Waals surface area contributed by atoms with Gasteiger partial charge in [0.25, 0.3) is 0 Å². The number of imidazole rings is 1. The molecule has 0 aliphatic rings. The second-order valence-electron chi connectivity index (χ2n) is 3.41. The maximum Gasteiger partial charge on any atom is 0.309 e. The number of carbonyl (C=O) groups is 1. The van der Waals surface area contributed by atoms with Gasteiger partial charge in [0, 0.05) is 16.8 Å². The Labute approximate surface area is 91.2 Å². The summed E-state index contributed by atoms with van der Waals surface area (Å²) in [5.74, 6) is -0.805. The first kappa shape index (κ1) is 10.2. The lowest BCUT2D eigenvalue weighted by Crippen LogP contribution is -2.03. The molecule has 80 valence electrons. The van der Waals surface area contributed by atoms with Gasteiger partial charge in [-0.25, -0.2) is 4.98 Å². The van der Waals surface area contributed by atoms with Gasteiger partial charge in [-0.3, -0.25) is 9.20 Å². The molecular formula is C10H12N2O2S. The Morgan fingerprint density at radius 1 is 1.67 bits per heavy atom. The quantitative estimate of drug-likeness (QED) is 0.866. The molecule has 0 aromatic carbocycles. The normalized spacial score (nSPS) is 11.1. The van der Waals surface area contributed by atoms with Crippen LogP contribution in [-0.2, 0) is 17.6 Å². The minimum absolute atomic E-state index is 0.0559. The van der Waals surface area contributed by atoms with Crippen molar-refractivity contribution in [1.29, 1.82) is 0 Å².